The average Bonchev–Trinajstić information content (AvgIpc) is 2.17. The second-order valence-corrected chi connectivity index (χ2v) is 3.58. The highest BCUT2D eigenvalue weighted by atomic mass is 16.5. The molecule has 3 heteroatoms. The van der Waals surface area contributed by atoms with Crippen molar-refractivity contribution in [2.75, 3.05) is 27.2 Å². The van der Waals surface area contributed by atoms with E-state index in [0.29, 0.717) is 6.42 Å². The van der Waals surface area contributed by atoms with E-state index in [1.165, 1.54) is 6.08 Å². The average molecular weight is 199 g/mol. The second kappa shape index (κ2) is 7.71. The van der Waals surface area contributed by atoms with Crippen LogP contribution in [0.15, 0.2) is 12.7 Å². The van der Waals surface area contributed by atoms with E-state index in [9.17, 15) is 4.79 Å². The topological polar surface area (TPSA) is 29.5 Å². The fourth-order valence-electron chi connectivity index (χ4n) is 1.23. The maximum Gasteiger partial charge on any atom is 0.155 e. The van der Waals surface area contributed by atoms with Gasteiger partial charge in [-0.2, -0.15) is 0 Å². The van der Waals surface area contributed by atoms with Crippen LogP contribution >= 0.6 is 0 Å². The van der Waals surface area contributed by atoms with Gasteiger partial charge in [0.05, 0.1) is 6.10 Å². The van der Waals surface area contributed by atoms with Crippen molar-refractivity contribution in [3.8, 4) is 0 Å². The highest BCUT2D eigenvalue weighted by Gasteiger charge is 2.05. The smallest absolute Gasteiger partial charge is 0.155 e. The van der Waals surface area contributed by atoms with Gasteiger partial charge in [-0.15, -0.1) is 0 Å². The van der Waals surface area contributed by atoms with E-state index >= 15 is 0 Å². The summed E-state index contributed by atoms with van der Waals surface area (Å²) in [7, 11) is 3.74. The summed E-state index contributed by atoms with van der Waals surface area (Å²) in [5, 5.41) is 0. The van der Waals surface area contributed by atoms with Crippen LogP contribution in [0.25, 0.3) is 0 Å². The molecule has 0 spiro atoms. The first kappa shape index (κ1) is 13.3. The molecule has 0 saturated heterocycles. The number of nitrogens with zero attached hydrogens (tertiary/aromatic N) is 1. The van der Waals surface area contributed by atoms with Gasteiger partial charge in [-0.3, -0.25) is 4.79 Å². The van der Waals surface area contributed by atoms with Crippen LogP contribution in [0, 0.1) is 0 Å². The molecule has 0 aliphatic rings. The van der Waals surface area contributed by atoms with E-state index in [0.717, 1.165) is 19.5 Å². The van der Waals surface area contributed by atoms with Crippen LogP contribution in [-0.2, 0) is 9.53 Å². The molecule has 0 heterocycles. The molecule has 0 amide bonds. The molecule has 0 aromatic carbocycles. The Morgan fingerprint density at radius 2 is 2.29 bits per heavy atom. The number of ketones is 1. The van der Waals surface area contributed by atoms with Gasteiger partial charge in [0.1, 0.15) is 0 Å². The zero-order chi connectivity index (χ0) is 11.0. The summed E-state index contributed by atoms with van der Waals surface area (Å²) < 4.78 is 5.14. The molecular formula is C11H21NO2. The van der Waals surface area contributed by atoms with Gasteiger partial charge < -0.3 is 9.64 Å². The summed E-state index contributed by atoms with van der Waals surface area (Å²) in [6.45, 7) is 7.30. The fourth-order valence-corrected chi connectivity index (χ4v) is 1.23. The minimum absolute atomic E-state index is 0.123. The lowest BCUT2D eigenvalue weighted by Crippen LogP contribution is -2.29. The molecule has 1 unspecified atom stereocenters. The van der Waals surface area contributed by atoms with E-state index in [1.54, 1.807) is 7.11 Å². The van der Waals surface area contributed by atoms with Crippen molar-refractivity contribution in [1.82, 2.24) is 4.90 Å². The standard InChI is InChI=1S/C11H21NO2/c1-5-11(13)7-6-8-12(3)9-10(2)14-4/h5,10H,1,6-9H2,2-4H3. The molecule has 0 aromatic heterocycles. The van der Waals surface area contributed by atoms with Gasteiger partial charge in [-0.05, 0) is 33.0 Å². The lowest BCUT2D eigenvalue weighted by atomic mass is 10.2. The van der Waals surface area contributed by atoms with Crippen molar-refractivity contribution in [1.29, 1.82) is 0 Å². The van der Waals surface area contributed by atoms with E-state index in [1.807, 2.05) is 14.0 Å². The van der Waals surface area contributed by atoms with Crippen molar-refractivity contribution < 1.29 is 9.53 Å². The first-order valence-corrected chi connectivity index (χ1v) is 4.96. The summed E-state index contributed by atoms with van der Waals surface area (Å²) in [6.07, 6.45) is 3.11. The SMILES string of the molecule is C=CC(=O)CCCN(C)CC(C)OC. The van der Waals surface area contributed by atoms with Gasteiger partial charge in [0.25, 0.3) is 0 Å². The molecule has 0 N–H and O–H groups in total. The van der Waals surface area contributed by atoms with Crippen molar-refractivity contribution in [3.05, 3.63) is 12.7 Å². The molecule has 0 aliphatic carbocycles. The van der Waals surface area contributed by atoms with Crippen LogP contribution in [0.1, 0.15) is 19.8 Å². The lowest BCUT2D eigenvalue weighted by Gasteiger charge is -2.19. The van der Waals surface area contributed by atoms with E-state index in [4.69, 9.17) is 4.74 Å². The minimum atomic E-state index is 0.123. The van der Waals surface area contributed by atoms with E-state index < -0.39 is 0 Å². The minimum Gasteiger partial charge on any atom is -0.380 e. The zero-order valence-corrected chi connectivity index (χ0v) is 9.45. The Bertz CT molecular complexity index is 180. The largest absolute Gasteiger partial charge is 0.380 e. The van der Waals surface area contributed by atoms with Crippen LogP contribution in [0.4, 0.5) is 0 Å². The van der Waals surface area contributed by atoms with Crippen molar-refractivity contribution in [2.45, 2.75) is 25.9 Å². The number of rotatable bonds is 8. The lowest BCUT2D eigenvalue weighted by molar-refractivity contribution is -0.114. The molecule has 0 bridgehead atoms. The van der Waals surface area contributed by atoms with Gasteiger partial charge in [0.2, 0.25) is 0 Å². The van der Waals surface area contributed by atoms with Crippen molar-refractivity contribution in [3.63, 3.8) is 0 Å². The Morgan fingerprint density at radius 3 is 2.79 bits per heavy atom. The summed E-state index contributed by atoms with van der Waals surface area (Å²) in [6, 6.07) is 0. The summed E-state index contributed by atoms with van der Waals surface area (Å²) in [5.74, 6) is 0.123. The monoisotopic (exact) mass is 199 g/mol. The number of hydrogen-bond donors (Lipinski definition) is 0. The van der Waals surface area contributed by atoms with Crippen molar-refractivity contribution >= 4 is 5.78 Å². The summed E-state index contributed by atoms with van der Waals surface area (Å²) in [5.41, 5.74) is 0. The maximum absolute atomic E-state index is 10.9. The number of likely N-dealkylation sites (N-methyl/N-ethyl adjacent to an activating group) is 1. The molecule has 0 aromatic rings. The van der Waals surface area contributed by atoms with E-state index in [-0.39, 0.29) is 11.9 Å². The molecule has 0 rings (SSSR count). The fraction of sp³-hybridized carbons (Fsp3) is 0.727. The van der Waals surface area contributed by atoms with Crippen LogP contribution in [0.5, 0.6) is 0 Å². The van der Waals surface area contributed by atoms with Crippen LogP contribution in [0.3, 0.4) is 0 Å². The number of carbonyl (C=O) groups is 1. The number of ether oxygens (including phenoxy) is 1. The second-order valence-electron chi connectivity index (χ2n) is 3.58. The first-order chi connectivity index (χ1) is 6.60. The molecule has 0 saturated carbocycles. The van der Waals surface area contributed by atoms with Crippen LogP contribution < -0.4 is 0 Å². The molecule has 3 nitrogen and oxygen atoms in total. The highest BCUT2D eigenvalue weighted by molar-refractivity contribution is 5.88. The Balaban J connectivity index is 3.48. The number of carbonyl (C=O) groups excluding carboxylic acids is 1. The third kappa shape index (κ3) is 6.80. The Labute approximate surface area is 86.7 Å². The number of allylic oxidation sites excluding steroid dienone is 1. The Hall–Kier alpha value is -0.670. The highest BCUT2D eigenvalue weighted by Crippen LogP contribution is 1.97. The van der Waals surface area contributed by atoms with E-state index in [2.05, 4.69) is 11.5 Å². The van der Waals surface area contributed by atoms with Gasteiger partial charge >= 0.3 is 0 Å². The van der Waals surface area contributed by atoms with Gasteiger partial charge in [-0.1, -0.05) is 6.58 Å². The van der Waals surface area contributed by atoms with Crippen molar-refractivity contribution in [2.24, 2.45) is 0 Å². The molecule has 82 valence electrons. The van der Waals surface area contributed by atoms with Gasteiger partial charge in [0.15, 0.2) is 5.78 Å². The normalized spacial score (nSPS) is 12.9. The predicted octanol–water partition coefficient (Wildman–Crippen LogP) is 1.49. The molecule has 0 aliphatic heterocycles. The first-order valence-electron chi connectivity index (χ1n) is 4.96. The summed E-state index contributed by atoms with van der Waals surface area (Å²) in [4.78, 5) is 13.1. The molecule has 1 atom stereocenters. The summed E-state index contributed by atoms with van der Waals surface area (Å²) >= 11 is 0. The quantitative estimate of drug-likeness (QED) is 0.555. The van der Waals surface area contributed by atoms with Gasteiger partial charge in [0, 0.05) is 20.1 Å². The zero-order valence-electron chi connectivity index (χ0n) is 9.45. The van der Waals surface area contributed by atoms with Crippen LogP contribution in [-0.4, -0.2) is 44.0 Å². The van der Waals surface area contributed by atoms with Gasteiger partial charge in [-0.25, -0.2) is 0 Å². The maximum atomic E-state index is 10.9. The third-order valence-corrected chi connectivity index (χ3v) is 2.16. The number of hydrogen-bond acceptors (Lipinski definition) is 3. The molecule has 14 heavy (non-hydrogen) atoms. The third-order valence-electron chi connectivity index (χ3n) is 2.16. The molecule has 0 fully saturated rings. The number of methoxy groups -OCH3 is 1. The Morgan fingerprint density at radius 1 is 1.64 bits per heavy atom. The predicted molar refractivity (Wildman–Crippen MR) is 58.4 cm³/mol. The Kier molecular flexibility index (Phi) is 7.34. The molecular weight excluding hydrogens is 178 g/mol. The van der Waals surface area contributed by atoms with Crippen LogP contribution in [0.2, 0.25) is 0 Å². The molecule has 0 radical (unpaired) electrons.